The minimum Gasteiger partial charge on any atom is -1.00 e. The monoisotopic (exact) mass is 326 g/mol. The van der Waals surface area contributed by atoms with Crippen LogP contribution in [-0.2, 0) is 26.8 Å². The van der Waals surface area contributed by atoms with Gasteiger partial charge in [-0.3, -0.25) is 9.05 Å². The average molecular weight is 326 g/mol. The summed E-state index contributed by atoms with van der Waals surface area (Å²) >= 11 is 0. The standard InChI is InChI=1S/C14H15O4P.2Na.2H/c15-19(16,17-11-13-7-3-1-4-8-13)18-12-14-9-5-2-6-10-14;;;;/h1-10H,11-12H2,(H,15,16);;;;/q;2*+1;2*-1. The van der Waals surface area contributed by atoms with E-state index in [9.17, 15) is 9.46 Å². The molecule has 0 atom stereocenters. The van der Waals surface area contributed by atoms with E-state index in [1.54, 1.807) is 0 Å². The van der Waals surface area contributed by atoms with Gasteiger partial charge in [-0.25, -0.2) is 4.57 Å². The van der Waals surface area contributed by atoms with E-state index >= 15 is 0 Å². The second-order valence-electron chi connectivity index (χ2n) is 3.99. The number of phosphoric ester groups is 1. The number of hydrogen-bond acceptors (Lipinski definition) is 3. The molecule has 0 saturated carbocycles. The zero-order valence-corrected chi connectivity index (χ0v) is 17.2. The number of hydrogen-bond donors (Lipinski definition) is 1. The van der Waals surface area contributed by atoms with Crippen LogP contribution in [0.15, 0.2) is 60.7 Å². The maximum absolute atomic E-state index is 11.7. The fraction of sp³-hybridized carbons (Fsp3) is 0.143. The molecule has 0 spiro atoms. The van der Waals surface area contributed by atoms with Crippen LogP contribution < -0.4 is 59.1 Å². The van der Waals surface area contributed by atoms with Gasteiger partial charge in [-0.15, -0.1) is 0 Å². The molecule has 2 rings (SSSR count). The van der Waals surface area contributed by atoms with Gasteiger partial charge in [0.15, 0.2) is 0 Å². The van der Waals surface area contributed by atoms with E-state index in [4.69, 9.17) is 9.05 Å². The Balaban J connectivity index is -0.000001000. The quantitative estimate of drug-likeness (QED) is 0.482. The smallest absolute Gasteiger partial charge is 1.00 e. The van der Waals surface area contributed by atoms with Crippen LogP contribution in [0.3, 0.4) is 0 Å². The van der Waals surface area contributed by atoms with Gasteiger partial charge in [0.2, 0.25) is 0 Å². The molecule has 0 unspecified atom stereocenters. The summed E-state index contributed by atoms with van der Waals surface area (Å²) in [5.41, 5.74) is 1.64. The molecule has 0 heterocycles. The van der Waals surface area contributed by atoms with Gasteiger partial charge in [-0.1, -0.05) is 60.7 Å². The minimum atomic E-state index is -4.02. The third-order valence-corrected chi connectivity index (χ3v) is 3.39. The maximum atomic E-state index is 11.7. The maximum Gasteiger partial charge on any atom is 1.00 e. The first-order valence-electron chi connectivity index (χ1n) is 5.85. The summed E-state index contributed by atoms with van der Waals surface area (Å²) in [5, 5.41) is 0. The Morgan fingerprint density at radius 2 is 1.14 bits per heavy atom. The molecule has 0 aliphatic carbocycles. The van der Waals surface area contributed by atoms with Gasteiger partial charge in [0.05, 0.1) is 13.2 Å². The Bertz CT molecular complexity index is 514. The van der Waals surface area contributed by atoms with Crippen molar-refractivity contribution in [1.82, 2.24) is 0 Å². The van der Waals surface area contributed by atoms with Crippen LogP contribution in [0.1, 0.15) is 14.0 Å². The van der Waals surface area contributed by atoms with Crippen LogP contribution in [0.5, 0.6) is 0 Å². The van der Waals surface area contributed by atoms with Crippen molar-refractivity contribution in [3.63, 3.8) is 0 Å². The van der Waals surface area contributed by atoms with Gasteiger partial charge in [-0.05, 0) is 11.1 Å². The molecule has 7 heteroatoms. The molecular weight excluding hydrogens is 309 g/mol. The normalized spacial score (nSPS) is 10.3. The molecule has 0 aromatic heterocycles. The van der Waals surface area contributed by atoms with Crippen molar-refractivity contribution in [3.05, 3.63) is 71.8 Å². The van der Waals surface area contributed by atoms with E-state index < -0.39 is 7.82 Å². The predicted octanol–water partition coefficient (Wildman–Crippen LogP) is -2.25. The molecule has 0 bridgehead atoms. The van der Waals surface area contributed by atoms with E-state index in [1.807, 2.05) is 60.7 Å². The van der Waals surface area contributed by atoms with Crippen LogP contribution in [-0.4, -0.2) is 4.89 Å². The minimum absolute atomic E-state index is 0. The summed E-state index contributed by atoms with van der Waals surface area (Å²) in [7, 11) is -4.02. The first-order valence-corrected chi connectivity index (χ1v) is 7.35. The molecule has 0 fully saturated rings. The Morgan fingerprint density at radius 3 is 1.48 bits per heavy atom. The molecule has 0 amide bonds. The van der Waals surface area contributed by atoms with E-state index in [0.717, 1.165) is 11.1 Å². The van der Waals surface area contributed by atoms with Crippen molar-refractivity contribution in [2.45, 2.75) is 13.2 Å². The summed E-state index contributed by atoms with van der Waals surface area (Å²) in [6.07, 6.45) is 0. The topological polar surface area (TPSA) is 55.8 Å². The summed E-state index contributed by atoms with van der Waals surface area (Å²) < 4.78 is 21.5. The third-order valence-electron chi connectivity index (χ3n) is 2.47. The molecule has 2 aromatic rings. The van der Waals surface area contributed by atoms with Crippen molar-refractivity contribution in [1.29, 1.82) is 0 Å². The molecule has 0 aliphatic heterocycles. The summed E-state index contributed by atoms with van der Waals surface area (Å²) in [6, 6.07) is 18.4. The SMILES string of the molecule is O=P(O)(OCc1ccccc1)OCc1ccccc1.[H-].[H-].[Na+].[Na+]. The summed E-state index contributed by atoms with van der Waals surface area (Å²) in [5.74, 6) is 0. The largest absolute Gasteiger partial charge is 1.00 e. The van der Waals surface area contributed by atoms with Crippen molar-refractivity contribution in [3.8, 4) is 0 Å². The number of rotatable bonds is 6. The molecule has 0 saturated heterocycles. The van der Waals surface area contributed by atoms with Gasteiger partial charge in [0.25, 0.3) is 0 Å². The zero-order chi connectivity index (χ0) is 13.6. The van der Waals surface area contributed by atoms with Gasteiger partial charge in [0, 0.05) is 0 Å². The molecular formula is C14H17Na2O4P. The van der Waals surface area contributed by atoms with Gasteiger partial charge >= 0.3 is 66.9 Å². The fourth-order valence-electron chi connectivity index (χ4n) is 1.50. The van der Waals surface area contributed by atoms with Crippen molar-refractivity contribution >= 4 is 7.82 Å². The second-order valence-corrected chi connectivity index (χ2v) is 5.44. The zero-order valence-electron chi connectivity index (χ0n) is 14.3. The van der Waals surface area contributed by atoms with Crippen LogP contribution >= 0.6 is 7.82 Å². The summed E-state index contributed by atoms with van der Waals surface area (Å²) in [6.45, 7) is 0.0901. The van der Waals surface area contributed by atoms with Crippen molar-refractivity contribution in [2.75, 3.05) is 0 Å². The van der Waals surface area contributed by atoms with Crippen LogP contribution in [0, 0.1) is 0 Å². The van der Waals surface area contributed by atoms with Crippen molar-refractivity contribution < 1.29 is 80.5 Å². The Kier molecular flexibility index (Phi) is 11.4. The van der Waals surface area contributed by atoms with E-state index in [0.29, 0.717) is 0 Å². The fourth-order valence-corrected chi connectivity index (χ4v) is 2.20. The average Bonchev–Trinajstić information content (AvgIpc) is 2.46. The molecule has 104 valence electrons. The van der Waals surface area contributed by atoms with Crippen LogP contribution in [0.4, 0.5) is 0 Å². The van der Waals surface area contributed by atoms with Crippen LogP contribution in [0.25, 0.3) is 0 Å². The van der Waals surface area contributed by atoms with Gasteiger partial charge in [-0.2, -0.15) is 0 Å². The molecule has 2 aromatic carbocycles. The Hall–Kier alpha value is 0.550. The predicted molar refractivity (Wildman–Crippen MR) is 74.5 cm³/mol. The van der Waals surface area contributed by atoms with E-state index in [1.165, 1.54) is 0 Å². The first kappa shape index (κ1) is 21.6. The van der Waals surface area contributed by atoms with E-state index in [-0.39, 0.29) is 75.2 Å². The first-order chi connectivity index (χ1) is 9.16. The van der Waals surface area contributed by atoms with Crippen molar-refractivity contribution in [2.24, 2.45) is 0 Å². The van der Waals surface area contributed by atoms with Gasteiger partial charge in [0.1, 0.15) is 0 Å². The molecule has 0 aliphatic rings. The molecule has 4 nitrogen and oxygen atoms in total. The number of benzene rings is 2. The molecule has 1 N–H and O–H groups in total. The Labute approximate surface area is 172 Å². The van der Waals surface area contributed by atoms with Gasteiger partial charge < -0.3 is 7.75 Å². The number of phosphoric acid groups is 1. The Morgan fingerprint density at radius 1 is 0.810 bits per heavy atom. The second kappa shape index (κ2) is 11.1. The molecule has 21 heavy (non-hydrogen) atoms. The van der Waals surface area contributed by atoms with Crippen LogP contribution in [0.2, 0.25) is 0 Å². The third kappa shape index (κ3) is 8.68. The van der Waals surface area contributed by atoms with E-state index in [2.05, 4.69) is 0 Å². The molecule has 0 radical (unpaired) electrons. The summed E-state index contributed by atoms with van der Waals surface area (Å²) in [4.78, 5) is 9.55.